The van der Waals surface area contributed by atoms with Crippen molar-refractivity contribution in [2.75, 3.05) is 0 Å². The Kier molecular flexibility index (Phi) is 9.24. The molecule has 0 atom stereocenters. The van der Waals surface area contributed by atoms with Crippen LogP contribution in [0.15, 0.2) is 237 Å². The number of hydrogen-bond donors (Lipinski definition) is 0. The third kappa shape index (κ3) is 6.13. The van der Waals surface area contributed by atoms with Crippen molar-refractivity contribution in [3.63, 3.8) is 0 Å². The number of benzene rings is 10. The first-order chi connectivity index (χ1) is 33.0. The highest BCUT2D eigenvalue weighted by Crippen LogP contribution is 2.47. The van der Waals surface area contributed by atoms with Crippen LogP contribution in [0.4, 0.5) is 0 Å². The number of fused-ring (bicyclic) bond motifs is 12. The Bertz CT molecular complexity index is 4090. The van der Waals surface area contributed by atoms with Gasteiger partial charge in [-0.2, -0.15) is 0 Å². The first-order valence-corrected chi connectivity index (χ1v) is 26.9. The normalized spacial score (nSPS) is 12.3. The lowest BCUT2D eigenvalue weighted by Gasteiger charge is -2.27. The lowest BCUT2D eigenvalue weighted by Crippen LogP contribution is -2.26. The summed E-state index contributed by atoms with van der Waals surface area (Å²) in [5.74, 6) is 0. The molecule has 13 aromatic rings. The molecule has 0 saturated heterocycles. The minimum Gasteiger partial charge on any atom is -0.309 e. The van der Waals surface area contributed by atoms with Gasteiger partial charge < -0.3 is 4.57 Å². The number of imidazole rings is 1. The Morgan fingerprint density at radius 1 is 0.418 bits per heavy atom. The van der Waals surface area contributed by atoms with Crippen LogP contribution < -0.4 is 31.8 Å². The van der Waals surface area contributed by atoms with Gasteiger partial charge in [-0.15, -0.1) is 0 Å². The summed E-state index contributed by atoms with van der Waals surface area (Å²) in [6, 6.07) is 77.4. The van der Waals surface area contributed by atoms with Gasteiger partial charge >= 0.3 is 0 Å². The zero-order valence-corrected chi connectivity index (χ0v) is 38.7. The molecule has 0 aliphatic carbocycles. The molecule has 0 aliphatic rings. The monoisotopic (exact) mass is 911 g/mol. The minimum atomic E-state index is -3.26. The fourth-order valence-electron chi connectivity index (χ4n) is 10.4. The fraction of sp³-hybridized carbons (Fsp3) is 0. The topological polar surface area (TPSA) is 47.3 Å². The van der Waals surface area contributed by atoms with Gasteiger partial charge in [-0.25, -0.2) is 4.98 Å². The van der Waals surface area contributed by atoms with Gasteiger partial charge in [0.15, 0.2) is 7.14 Å². The van der Waals surface area contributed by atoms with E-state index in [-0.39, 0.29) is 0 Å². The van der Waals surface area contributed by atoms with Crippen molar-refractivity contribution in [3.8, 4) is 11.3 Å². The van der Waals surface area contributed by atoms with E-state index < -0.39 is 13.2 Å². The van der Waals surface area contributed by atoms with Gasteiger partial charge in [-0.3, -0.25) is 9.38 Å². The van der Waals surface area contributed by atoms with Crippen molar-refractivity contribution < 1.29 is 4.57 Å². The largest absolute Gasteiger partial charge is 0.309 e. The molecule has 67 heavy (non-hydrogen) atoms. The van der Waals surface area contributed by atoms with E-state index in [1.165, 1.54) is 32.2 Å². The molecule has 3 aromatic heterocycles. The molecule has 0 spiro atoms. The standard InChI is InChI=1S/C60H39N3OP2S/c64-65(44-19-3-1-4-20-44,45-21-5-2-6-22-45)46-31-36-55-56(38-46)63-59-50-33-30-43(37-42(50)29-34-52(59)51-25-11-12-26-53(51)60(63)62-55)54-35-32-47(39-61-54)66(67,57-27-13-17-40-15-7-9-23-48(40)57)58-28-14-18-41-16-8-10-24-49(41)58/h1-39H. The maximum atomic E-state index is 15.7. The highest BCUT2D eigenvalue weighted by atomic mass is 32.4. The van der Waals surface area contributed by atoms with Gasteiger partial charge in [0.05, 0.1) is 22.2 Å². The minimum absolute atomic E-state index is 0.768. The molecule has 0 N–H and O–H groups in total. The fourth-order valence-corrected chi connectivity index (χ4v) is 17.3. The summed E-state index contributed by atoms with van der Waals surface area (Å²) in [5, 5.41) is 16.0. The van der Waals surface area contributed by atoms with Gasteiger partial charge in [0, 0.05) is 65.8 Å². The Labute approximate surface area is 392 Å². The highest BCUT2D eigenvalue weighted by Gasteiger charge is 2.31. The molecule has 4 nitrogen and oxygen atoms in total. The van der Waals surface area contributed by atoms with E-state index in [1.54, 1.807) is 0 Å². The summed E-state index contributed by atoms with van der Waals surface area (Å²) in [5.41, 5.74) is 5.58. The van der Waals surface area contributed by atoms with Crippen LogP contribution in [-0.4, -0.2) is 14.4 Å². The molecular weight excluding hydrogens is 873 g/mol. The predicted octanol–water partition coefficient (Wildman–Crippen LogP) is 12.7. The Balaban J connectivity index is 0.991. The van der Waals surface area contributed by atoms with Crippen LogP contribution in [0, 0.1) is 0 Å². The first-order valence-electron chi connectivity index (χ1n) is 22.4. The smallest absolute Gasteiger partial charge is 0.171 e. The van der Waals surface area contributed by atoms with Crippen molar-refractivity contribution in [2.45, 2.75) is 0 Å². The van der Waals surface area contributed by atoms with E-state index in [9.17, 15) is 0 Å². The summed E-state index contributed by atoms with van der Waals surface area (Å²) in [6.45, 7) is 0. The third-order valence-corrected chi connectivity index (χ3v) is 21.5. The molecule has 0 saturated carbocycles. The van der Waals surface area contributed by atoms with Crippen molar-refractivity contribution in [1.82, 2.24) is 14.4 Å². The zero-order valence-electron chi connectivity index (χ0n) is 36.1. The summed E-state index contributed by atoms with van der Waals surface area (Å²) in [6.07, 6.45) is 2.03. The molecule has 13 rings (SSSR count). The van der Waals surface area contributed by atoms with Crippen LogP contribution >= 0.6 is 13.2 Å². The number of aromatic nitrogens is 3. The number of rotatable bonds is 7. The number of hydrogen-bond acceptors (Lipinski definition) is 4. The summed E-state index contributed by atoms with van der Waals surface area (Å²) < 4.78 is 18.0. The zero-order chi connectivity index (χ0) is 44.7. The van der Waals surface area contributed by atoms with E-state index in [0.29, 0.717) is 0 Å². The van der Waals surface area contributed by atoms with Crippen molar-refractivity contribution in [2.24, 2.45) is 0 Å². The van der Waals surface area contributed by atoms with Crippen LogP contribution in [0.1, 0.15) is 0 Å². The molecule has 3 heterocycles. The van der Waals surface area contributed by atoms with E-state index in [2.05, 4.69) is 162 Å². The van der Waals surface area contributed by atoms with Crippen LogP contribution in [-0.2, 0) is 16.4 Å². The average molecular weight is 912 g/mol. The average Bonchev–Trinajstić information content (AvgIpc) is 3.79. The molecule has 0 amide bonds. The summed E-state index contributed by atoms with van der Waals surface area (Å²) in [7, 11) is -3.26. The second-order valence-electron chi connectivity index (χ2n) is 17.2. The first kappa shape index (κ1) is 39.8. The molecule has 7 heteroatoms. The van der Waals surface area contributed by atoms with Gasteiger partial charge in [-0.1, -0.05) is 206 Å². The van der Waals surface area contributed by atoms with Crippen LogP contribution in [0.5, 0.6) is 0 Å². The van der Waals surface area contributed by atoms with Gasteiger partial charge in [0.25, 0.3) is 0 Å². The number of pyridine rings is 2. The maximum Gasteiger partial charge on any atom is 0.171 e. The molecule has 0 unspecified atom stereocenters. The molecular formula is C60H39N3OP2S. The second-order valence-corrected chi connectivity index (χ2v) is 24.3. The van der Waals surface area contributed by atoms with Crippen molar-refractivity contribution in [3.05, 3.63) is 237 Å². The van der Waals surface area contributed by atoms with Gasteiger partial charge in [-0.05, 0) is 68.7 Å². The SMILES string of the molecule is O=P(c1ccccc1)(c1ccccc1)c1ccc2nc3c4ccccc4c4ccc5cc(-c6ccc(P(=S)(c7cccc8ccccc78)c7cccc8ccccc78)cn6)ccc5c4n3c2c1. The Hall–Kier alpha value is -7.52. The quantitative estimate of drug-likeness (QED) is 0.118. The molecule has 0 aliphatic heterocycles. The van der Waals surface area contributed by atoms with Crippen LogP contribution in [0.3, 0.4) is 0 Å². The van der Waals surface area contributed by atoms with Crippen molar-refractivity contribution in [1.29, 1.82) is 0 Å². The Morgan fingerprint density at radius 3 is 1.63 bits per heavy atom. The molecule has 0 bridgehead atoms. The number of nitrogens with zero attached hydrogens (tertiary/aromatic N) is 3. The Morgan fingerprint density at radius 2 is 0.985 bits per heavy atom. The second kappa shape index (κ2) is 15.5. The summed E-state index contributed by atoms with van der Waals surface area (Å²) in [4.78, 5) is 10.5. The van der Waals surface area contributed by atoms with Gasteiger partial charge in [0.1, 0.15) is 5.65 Å². The van der Waals surface area contributed by atoms with Crippen LogP contribution in [0.25, 0.3) is 81.9 Å². The van der Waals surface area contributed by atoms with Gasteiger partial charge in [0.2, 0.25) is 0 Å². The molecule has 0 radical (unpaired) electrons. The van der Waals surface area contributed by atoms with Crippen LogP contribution in [0.2, 0.25) is 0 Å². The molecule has 316 valence electrons. The van der Waals surface area contributed by atoms with E-state index >= 15 is 4.57 Å². The maximum absolute atomic E-state index is 15.7. The van der Waals surface area contributed by atoms with E-state index in [4.69, 9.17) is 21.8 Å². The highest BCUT2D eigenvalue weighted by molar-refractivity contribution is 8.25. The predicted molar refractivity (Wildman–Crippen MR) is 289 cm³/mol. The lowest BCUT2D eigenvalue weighted by atomic mass is 9.98. The van der Waals surface area contributed by atoms with E-state index in [0.717, 1.165) is 81.6 Å². The molecule has 0 fully saturated rings. The van der Waals surface area contributed by atoms with E-state index in [1.807, 2.05) is 79.0 Å². The summed E-state index contributed by atoms with van der Waals surface area (Å²) >= 11 is 7.05. The van der Waals surface area contributed by atoms with Crippen molar-refractivity contribution >= 4 is 127 Å². The molecule has 10 aromatic carbocycles. The third-order valence-electron chi connectivity index (χ3n) is 13.5. The lowest BCUT2D eigenvalue weighted by molar-refractivity contribution is 0.592.